The van der Waals surface area contributed by atoms with Gasteiger partial charge in [-0.25, -0.2) is 0 Å². The van der Waals surface area contributed by atoms with E-state index in [1.165, 1.54) is 0 Å². The molecule has 0 radical (unpaired) electrons. The van der Waals surface area contributed by atoms with E-state index in [2.05, 4.69) is 34.2 Å². The monoisotopic (exact) mass is 210 g/mol. The molecule has 1 aliphatic heterocycles. The van der Waals surface area contributed by atoms with Gasteiger partial charge in [0.1, 0.15) is 0 Å². The topological polar surface area (TPSA) is 54.2 Å². The summed E-state index contributed by atoms with van der Waals surface area (Å²) >= 11 is 0. The number of aryl methyl sites for hydroxylation is 1. The minimum absolute atomic E-state index is 0.139. The lowest BCUT2D eigenvalue weighted by molar-refractivity contribution is 0.0924. The summed E-state index contributed by atoms with van der Waals surface area (Å²) in [6.07, 6.45) is 0. The van der Waals surface area contributed by atoms with E-state index in [0.717, 1.165) is 32.0 Å². The third-order valence-electron chi connectivity index (χ3n) is 2.98. The average molecular weight is 210 g/mol. The van der Waals surface area contributed by atoms with Gasteiger partial charge in [-0.15, -0.1) is 0 Å². The van der Waals surface area contributed by atoms with Crippen molar-refractivity contribution in [3.05, 3.63) is 11.7 Å². The highest BCUT2D eigenvalue weighted by atomic mass is 16.5. The van der Waals surface area contributed by atoms with E-state index in [1.807, 2.05) is 6.92 Å². The van der Waals surface area contributed by atoms with E-state index in [4.69, 9.17) is 4.52 Å². The van der Waals surface area contributed by atoms with E-state index in [0.29, 0.717) is 5.89 Å². The molecular formula is C10H18N4O. The molecular weight excluding hydrogens is 192 g/mol. The summed E-state index contributed by atoms with van der Waals surface area (Å²) in [4.78, 5) is 6.70. The second kappa shape index (κ2) is 3.90. The standard InChI is InChI=1S/C10H18N4O/c1-8-12-9(13-15-8)10(2,3)14-6-4-11-5-7-14/h11H,4-7H2,1-3H3. The van der Waals surface area contributed by atoms with E-state index in [1.54, 1.807) is 0 Å². The zero-order valence-corrected chi connectivity index (χ0v) is 9.58. The van der Waals surface area contributed by atoms with Crippen LogP contribution in [0, 0.1) is 6.92 Å². The maximum Gasteiger partial charge on any atom is 0.223 e. The number of rotatable bonds is 2. The number of hydrogen-bond acceptors (Lipinski definition) is 5. The van der Waals surface area contributed by atoms with Gasteiger partial charge in [0, 0.05) is 33.1 Å². The summed E-state index contributed by atoms with van der Waals surface area (Å²) in [6.45, 7) is 10.2. The highest BCUT2D eigenvalue weighted by Gasteiger charge is 2.33. The Morgan fingerprint density at radius 2 is 2.00 bits per heavy atom. The summed E-state index contributed by atoms with van der Waals surface area (Å²) in [5, 5.41) is 7.35. The van der Waals surface area contributed by atoms with Crippen molar-refractivity contribution in [1.82, 2.24) is 20.4 Å². The first-order valence-corrected chi connectivity index (χ1v) is 5.37. The summed E-state index contributed by atoms with van der Waals surface area (Å²) in [5.74, 6) is 1.41. The van der Waals surface area contributed by atoms with Crippen molar-refractivity contribution in [2.45, 2.75) is 26.3 Å². The summed E-state index contributed by atoms with van der Waals surface area (Å²) in [5.41, 5.74) is -0.139. The summed E-state index contributed by atoms with van der Waals surface area (Å²) in [6, 6.07) is 0. The second-order valence-corrected chi connectivity index (χ2v) is 4.43. The third kappa shape index (κ3) is 2.03. The molecule has 5 heteroatoms. The van der Waals surface area contributed by atoms with Crippen LogP contribution >= 0.6 is 0 Å². The van der Waals surface area contributed by atoms with Crippen LogP contribution in [0.15, 0.2) is 4.52 Å². The predicted molar refractivity (Wildman–Crippen MR) is 56.5 cm³/mol. The second-order valence-electron chi connectivity index (χ2n) is 4.43. The number of piperazine rings is 1. The Balaban J connectivity index is 2.17. The Labute approximate surface area is 89.8 Å². The Bertz CT molecular complexity index is 328. The summed E-state index contributed by atoms with van der Waals surface area (Å²) < 4.78 is 5.04. The Kier molecular flexibility index (Phi) is 2.75. The number of nitrogens with one attached hydrogen (secondary N) is 1. The molecule has 0 aromatic carbocycles. The van der Waals surface area contributed by atoms with Gasteiger partial charge in [0.25, 0.3) is 0 Å². The molecule has 0 bridgehead atoms. The van der Waals surface area contributed by atoms with E-state index in [-0.39, 0.29) is 5.54 Å². The van der Waals surface area contributed by atoms with Crippen LogP contribution in [0.2, 0.25) is 0 Å². The lowest BCUT2D eigenvalue weighted by Crippen LogP contribution is -2.52. The molecule has 1 fully saturated rings. The highest BCUT2D eigenvalue weighted by Crippen LogP contribution is 2.25. The van der Waals surface area contributed by atoms with Crippen LogP contribution in [0.3, 0.4) is 0 Å². The Hall–Kier alpha value is -0.940. The maximum absolute atomic E-state index is 5.04. The van der Waals surface area contributed by atoms with E-state index < -0.39 is 0 Å². The molecule has 0 atom stereocenters. The van der Waals surface area contributed by atoms with E-state index in [9.17, 15) is 0 Å². The van der Waals surface area contributed by atoms with Gasteiger partial charge in [-0.1, -0.05) is 5.16 Å². The average Bonchev–Trinajstić information content (AvgIpc) is 2.67. The molecule has 1 aliphatic rings. The maximum atomic E-state index is 5.04. The number of nitrogens with zero attached hydrogens (tertiary/aromatic N) is 3. The zero-order chi connectivity index (χ0) is 10.9. The van der Waals surface area contributed by atoms with Crippen molar-refractivity contribution in [1.29, 1.82) is 0 Å². The molecule has 0 unspecified atom stereocenters. The molecule has 84 valence electrons. The quantitative estimate of drug-likeness (QED) is 0.771. The SMILES string of the molecule is Cc1nc(C(C)(C)N2CCNCC2)no1. The van der Waals surface area contributed by atoms with Crippen molar-refractivity contribution >= 4 is 0 Å². The Morgan fingerprint density at radius 1 is 1.33 bits per heavy atom. The van der Waals surface area contributed by atoms with Gasteiger partial charge < -0.3 is 9.84 Å². The molecule has 0 aliphatic carbocycles. The van der Waals surface area contributed by atoms with Crippen molar-refractivity contribution in [2.24, 2.45) is 0 Å². The first-order chi connectivity index (χ1) is 7.10. The van der Waals surface area contributed by atoms with Crippen molar-refractivity contribution in [3.63, 3.8) is 0 Å². The van der Waals surface area contributed by atoms with Crippen LogP contribution in [0.1, 0.15) is 25.6 Å². The van der Waals surface area contributed by atoms with Crippen LogP contribution in [-0.2, 0) is 5.54 Å². The lowest BCUT2D eigenvalue weighted by Gasteiger charge is -2.38. The van der Waals surface area contributed by atoms with Crippen LogP contribution in [-0.4, -0.2) is 41.2 Å². The molecule has 5 nitrogen and oxygen atoms in total. The van der Waals surface area contributed by atoms with Gasteiger partial charge in [-0.3, -0.25) is 4.90 Å². The fraction of sp³-hybridized carbons (Fsp3) is 0.800. The smallest absolute Gasteiger partial charge is 0.223 e. The largest absolute Gasteiger partial charge is 0.340 e. The van der Waals surface area contributed by atoms with Crippen molar-refractivity contribution in [3.8, 4) is 0 Å². The van der Waals surface area contributed by atoms with Crippen LogP contribution in [0.4, 0.5) is 0 Å². The molecule has 0 saturated carbocycles. The van der Waals surface area contributed by atoms with Crippen LogP contribution in [0.25, 0.3) is 0 Å². The molecule has 2 heterocycles. The van der Waals surface area contributed by atoms with Gasteiger partial charge in [0.2, 0.25) is 5.89 Å². The van der Waals surface area contributed by atoms with E-state index >= 15 is 0 Å². The fourth-order valence-corrected chi connectivity index (χ4v) is 1.91. The van der Waals surface area contributed by atoms with Gasteiger partial charge >= 0.3 is 0 Å². The van der Waals surface area contributed by atoms with Crippen LogP contribution < -0.4 is 5.32 Å². The first-order valence-electron chi connectivity index (χ1n) is 5.37. The molecule has 1 N–H and O–H groups in total. The molecule has 1 aromatic rings. The molecule has 1 saturated heterocycles. The third-order valence-corrected chi connectivity index (χ3v) is 2.98. The fourth-order valence-electron chi connectivity index (χ4n) is 1.91. The molecule has 1 aromatic heterocycles. The first kappa shape index (κ1) is 10.6. The van der Waals surface area contributed by atoms with Crippen molar-refractivity contribution in [2.75, 3.05) is 26.2 Å². The minimum atomic E-state index is -0.139. The molecule has 0 amide bonds. The number of hydrogen-bond donors (Lipinski definition) is 1. The van der Waals surface area contributed by atoms with Crippen molar-refractivity contribution < 1.29 is 4.52 Å². The van der Waals surface area contributed by atoms with Gasteiger partial charge in [-0.2, -0.15) is 4.98 Å². The van der Waals surface area contributed by atoms with Gasteiger partial charge in [0.05, 0.1) is 5.54 Å². The number of aromatic nitrogens is 2. The normalized spacial score (nSPS) is 19.4. The van der Waals surface area contributed by atoms with Gasteiger partial charge in [-0.05, 0) is 13.8 Å². The van der Waals surface area contributed by atoms with Gasteiger partial charge in [0.15, 0.2) is 5.82 Å². The minimum Gasteiger partial charge on any atom is -0.340 e. The summed E-state index contributed by atoms with van der Waals surface area (Å²) in [7, 11) is 0. The molecule has 0 spiro atoms. The highest BCUT2D eigenvalue weighted by molar-refractivity contribution is 5.02. The molecule has 2 rings (SSSR count). The Morgan fingerprint density at radius 3 is 2.53 bits per heavy atom. The lowest BCUT2D eigenvalue weighted by atomic mass is 10.0. The van der Waals surface area contributed by atoms with Crippen LogP contribution in [0.5, 0.6) is 0 Å². The molecule has 15 heavy (non-hydrogen) atoms. The zero-order valence-electron chi connectivity index (χ0n) is 9.58. The predicted octanol–water partition coefficient (Wildman–Crippen LogP) is 0.518.